The van der Waals surface area contributed by atoms with Gasteiger partial charge in [0.05, 0.1) is 5.69 Å². The fraction of sp³-hybridized carbons (Fsp3) is 0.769. The molecule has 0 saturated carbocycles. The summed E-state index contributed by atoms with van der Waals surface area (Å²) in [7, 11) is 4.11. The topological polar surface area (TPSA) is 28.2 Å². The largest absolute Gasteiger partial charge is 0.354 e. The first-order valence-electron chi connectivity index (χ1n) is 6.36. The van der Waals surface area contributed by atoms with Gasteiger partial charge in [0, 0.05) is 31.6 Å². The van der Waals surface area contributed by atoms with Gasteiger partial charge in [0.1, 0.15) is 0 Å². The van der Waals surface area contributed by atoms with Crippen LogP contribution in [0.4, 0.5) is 5.13 Å². The summed E-state index contributed by atoms with van der Waals surface area (Å²) in [5.41, 5.74) is 1.27. The number of aromatic nitrogens is 1. The van der Waals surface area contributed by atoms with E-state index in [0.29, 0.717) is 12.0 Å². The molecule has 0 fully saturated rings. The van der Waals surface area contributed by atoms with Crippen molar-refractivity contribution in [2.24, 2.45) is 0 Å². The van der Waals surface area contributed by atoms with Crippen molar-refractivity contribution in [2.45, 2.75) is 52.6 Å². The molecule has 0 aliphatic heterocycles. The van der Waals surface area contributed by atoms with Gasteiger partial charge in [-0.25, -0.2) is 4.98 Å². The Kier molecular flexibility index (Phi) is 5.40. The molecule has 0 aliphatic rings. The summed E-state index contributed by atoms with van der Waals surface area (Å²) in [6, 6.07) is 0.518. The van der Waals surface area contributed by atoms with E-state index in [0.717, 1.165) is 18.1 Å². The van der Waals surface area contributed by atoms with Gasteiger partial charge in [0.2, 0.25) is 0 Å². The number of hydrogen-bond donors (Lipinski definition) is 1. The van der Waals surface area contributed by atoms with Crippen LogP contribution >= 0.6 is 11.3 Å². The van der Waals surface area contributed by atoms with Crippen molar-refractivity contribution in [3.05, 3.63) is 10.6 Å². The molecular formula is C13H25N3S. The van der Waals surface area contributed by atoms with E-state index >= 15 is 0 Å². The first kappa shape index (κ1) is 14.5. The van der Waals surface area contributed by atoms with Crippen LogP contribution in [0, 0.1) is 0 Å². The highest BCUT2D eigenvalue weighted by molar-refractivity contribution is 7.15. The van der Waals surface area contributed by atoms with E-state index < -0.39 is 0 Å². The van der Waals surface area contributed by atoms with E-state index in [9.17, 15) is 0 Å². The molecule has 0 aliphatic carbocycles. The predicted molar refractivity (Wildman–Crippen MR) is 77.1 cm³/mol. The van der Waals surface area contributed by atoms with Gasteiger partial charge in [-0.05, 0) is 12.3 Å². The summed E-state index contributed by atoms with van der Waals surface area (Å²) in [6.45, 7) is 9.77. The molecule has 1 unspecified atom stereocenters. The standard InChI is InChI=1S/C13H25N3S/c1-7-10(4)12-11(8-14-9(2)3)17-13(15-12)16(5)6/h9-10,14H,7-8H2,1-6H3. The van der Waals surface area contributed by atoms with Gasteiger partial charge >= 0.3 is 0 Å². The summed E-state index contributed by atoms with van der Waals surface area (Å²) < 4.78 is 0. The highest BCUT2D eigenvalue weighted by atomic mass is 32.1. The van der Waals surface area contributed by atoms with Crippen LogP contribution in [0.2, 0.25) is 0 Å². The Balaban J connectivity index is 2.91. The summed E-state index contributed by atoms with van der Waals surface area (Å²) in [4.78, 5) is 8.24. The lowest BCUT2D eigenvalue weighted by atomic mass is 10.0. The van der Waals surface area contributed by atoms with Crippen molar-refractivity contribution >= 4 is 16.5 Å². The maximum Gasteiger partial charge on any atom is 0.185 e. The van der Waals surface area contributed by atoms with Crippen LogP contribution in [0.1, 0.15) is 50.6 Å². The molecule has 1 rings (SSSR count). The Morgan fingerprint density at radius 2 is 1.94 bits per heavy atom. The number of rotatable bonds is 6. The molecule has 1 aromatic heterocycles. The number of anilines is 1. The third kappa shape index (κ3) is 3.96. The van der Waals surface area contributed by atoms with Crippen molar-refractivity contribution in [3.8, 4) is 0 Å². The molecule has 4 heteroatoms. The van der Waals surface area contributed by atoms with E-state index in [1.54, 1.807) is 11.3 Å². The first-order chi connectivity index (χ1) is 7.95. The van der Waals surface area contributed by atoms with Gasteiger partial charge in [0.15, 0.2) is 5.13 Å². The molecule has 0 amide bonds. The lowest BCUT2D eigenvalue weighted by Crippen LogP contribution is -2.22. The van der Waals surface area contributed by atoms with Crippen LogP contribution in [0.15, 0.2) is 0 Å². The molecule has 1 heterocycles. The molecular weight excluding hydrogens is 230 g/mol. The van der Waals surface area contributed by atoms with E-state index in [1.807, 2.05) is 0 Å². The predicted octanol–water partition coefficient (Wildman–Crippen LogP) is 3.22. The SMILES string of the molecule is CCC(C)c1nc(N(C)C)sc1CNC(C)C. The van der Waals surface area contributed by atoms with Gasteiger partial charge < -0.3 is 10.2 Å². The Labute approximate surface area is 109 Å². The second-order valence-corrected chi connectivity index (χ2v) is 6.11. The highest BCUT2D eigenvalue weighted by Gasteiger charge is 2.16. The maximum atomic E-state index is 4.76. The second kappa shape index (κ2) is 6.36. The van der Waals surface area contributed by atoms with Crippen molar-refractivity contribution in [1.82, 2.24) is 10.3 Å². The van der Waals surface area contributed by atoms with Crippen LogP contribution in [-0.2, 0) is 6.54 Å². The monoisotopic (exact) mass is 255 g/mol. The molecule has 0 aromatic carbocycles. The van der Waals surface area contributed by atoms with Crippen molar-refractivity contribution in [2.75, 3.05) is 19.0 Å². The average Bonchev–Trinajstić information content (AvgIpc) is 2.69. The lowest BCUT2D eigenvalue weighted by molar-refractivity contribution is 0.584. The molecule has 0 saturated heterocycles. The van der Waals surface area contributed by atoms with Gasteiger partial charge in [-0.2, -0.15) is 0 Å². The van der Waals surface area contributed by atoms with Gasteiger partial charge in [-0.15, -0.1) is 11.3 Å². The molecule has 0 bridgehead atoms. The van der Waals surface area contributed by atoms with Crippen molar-refractivity contribution in [1.29, 1.82) is 0 Å². The first-order valence-corrected chi connectivity index (χ1v) is 7.17. The van der Waals surface area contributed by atoms with Crippen LogP contribution in [0.25, 0.3) is 0 Å². The van der Waals surface area contributed by atoms with E-state index in [4.69, 9.17) is 4.98 Å². The Hall–Kier alpha value is -0.610. The van der Waals surface area contributed by atoms with Crippen LogP contribution in [0.5, 0.6) is 0 Å². The Morgan fingerprint density at radius 3 is 2.41 bits per heavy atom. The van der Waals surface area contributed by atoms with Gasteiger partial charge in [-0.1, -0.05) is 27.7 Å². The van der Waals surface area contributed by atoms with Gasteiger partial charge in [-0.3, -0.25) is 0 Å². The van der Waals surface area contributed by atoms with E-state index in [1.165, 1.54) is 10.6 Å². The normalized spacial score (nSPS) is 13.1. The minimum Gasteiger partial charge on any atom is -0.354 e. The molecule has 1 atom stereocenters. The zero-order valence-corrected chi connectivity index (χ0v) is 12.7. The highest BCUT2D eigenvalue weighted by Crippen LogP contribution is 2.31. The van der Waals surface area contributed by atoms with Crippen LogP contribution in [0.3, 0.4) is 0 Å². The van der Waals surface area contributed by atoms with E-state index in [-0.39, 0.29) is 0 Å². The fourth-order valence-electron chi connectivity index (χ4n) is 1.54. The van der Waals surface area contributed by atoms with Crippen LogP contribution in [-0.4, -0.2) is 25.1 Å². The summed E-state index contributed by atoms with van der Waals surface area (Å²) in [5, 5.41) is 4.60. The zero-order valence-electron chi connectivity index (χ0n) is 11.9. The molecule has 3 nitrogen and oxygen atoms in total. The third-order valence-corrected chi connectivity index (χ3v) is 4.09. The summed E-state index contributed by atoms with van der Waals surface area (Å²) in [6.07, 6.45) is 1.14. The summed E-state index contributed by atoms with van der Waals surface area (Å²) >= 11 is 1.81. The minimum atomic E-state index is 0.518. The fourth-order valence-corrected chi connectivity index (χ4v) is 2.60. The molecule has 0 spiro atoms. The number of hydrogen-bond acceptors (Lipinski definition) is 4. The molecule has 17 heavy (non-hydrogen) atoms. The second-order valence-electron chi connectivity index (χ2n) is 5.04. The zero-order chi connectivity index (χ0) is 13.0. The van der Waals surface area contributed by atoms with Crippen molar-refractivity contribution in [3.63, 3.8) is 0 Å². The average molecular weight is 255 g/mol. The maximum absolute atomic E-state index is 4.76. The quantitative estimate of drug-likeness (QED) is 0.846. The molecule has 0 radical (unpaired) electrons. The molecule has 98 valence electrons. The number of nitrogens with one attached hydrogen (secondary N) is 1. The number of nitrogens with zero attached hydrogens (tertiary/aromatic N) is 2. The van der Waals surface area contributed by atoms with E-state index in [2.05, 4.69) is 52.0 Å². The smallest absolute Gasteiger partial charge is 0.185 e. The van der Waals surface area contributed by atoms with Gasteiger partial charge in [0.25, 0.3) is 0 Å². The third-order valence-electron chi connectivity index (χ3n) is 2.85. The number of thiazole rings is 1. The lowest BCUT2D eigenvalue weighted by Gasteiger charge is -2.10. The molecule has 1 aromatic rings. The minimum absolute atomic E-state index is 0.518. The summed E-state index contributed by atoms with van der Waals surface area (Å²) in [5.74, 6) is 0.545. The Bertz CT molecular complexity index is 344. The van der Waals surface area contributed by atoms with Crippen LogP contribution < -0.4 is 10.2 Å². The molecule has 1 N–H and O–H groups in total. The Morgan fingerprint density at radius 1 is 1.29 bits per heavy atom. The van der Waals surface area contributed by atoms with Crippen molar-refractivity contribution < 1.29 is 0 Å².